The number of likely N-dealkylation sites (tertiary alicyclic amines) is 1. The lowest BCUT2D eigenvalue weighted by Gasteiger charge is -2.19. The lowest BCUT2D eigenvalue weighted by Crippen LogP contribution is -2.33. The fourth-order valence-corrected chi connectivity index (χ4v) is 2.70. The molecule has 1 N–H and O–H groups in total. The lowest BCUT2D eigenvalue weighted by atomic mass is 10.2. The highest BCUT2D eigenvalue weighted by molar-refractivity contribution is 5.92. The van der Waals surface area contributed by atoms with E-state index in [0.29, 0.717) is 6.54 Å². The Morgan fingerprint density at radius 3 is 2.73 bits per heavy atom. The molecule has 0 aliphatic carbocycles. The van der Waals surface area contributed by atoms with Gasteiger partial charge in [-0.25, -0.2) is 0 Å². The van der Waals surface area contributed by atoms with Gasteiger partial charge in [0.05, 0.1) is 13.2 Å². The van der Waals surface area contributed by atoms with Crippen LogP contribution in [0.15, 0.2) is 24.3 Å². The van der Waals surface area contributed by atoms with Crippen molar-refractivity contribution < 1.29 is 9.53 Å². The van der Waals surface area contributed by atoms with E-state index in [1.807, 2.05) is 24.3 Å². The third-order valence-electron chi connectivity index (χ3n) is 3.95. The summed E-state index contributed by atoms with van der Waals surface area (Å²) in [6, 6.07) is 7.66. The van der Waals surface area contributed by atoms with Crippen molar-refractivity contribution in [3.05, 3.63) is 24.3 Å². The Morgan fingerprint density at radius 1 is 1.23 bits per heavy atom. The van der Waals surface area contributed by atoms with Gasteiger partial charge >= 0.3 is 0 Å². The number of nitrogens with one attached hydrogen (secondary N) is 1. The molecular weight excluding hydrogens is 276 g/mol. The second kappa shape index (κ2) is 9.46. The Labute approximate surface area is 133 Å². The average Bonchev–Trinajstić information content (AvgIpc) is 2.76. The maximum atomic E-state index is 12.2. The number of ether oxygens (including phenoxy) is 1. The molecule has 0 spiro atoms. The third kappa shape index (κ3) is 6.06. The van der Waals surface area contributed by atoms with Crippen molar-refractivity contribution in [1.29, 1.82) is 0 Å². The van der Waals surface area contributed by atoms with Gasteiger partial charge in [0.2, 0.25) is 5.91 Å². The van der Waals surface area contributed by atoms with Crippen LogP contribution in [0.5, 0.6) is 5.75 Å². The van der Waals surface area contributed by atoms with E-state index in [4.69, 9.17) is 4.74 Å². The largest absolute Gasteiger partial charge is 0.494 e. The molecule has 1 saturated heterocycles. The molecule has 2 rings (SSSR count). The number of hydrogen-bond donors (Lipinski definition) is 1. The van der Waals surface area contributed by atoms with Crippen molar-refractivity contribution in [2.45, 2.75) is 45.4 Å². The Kier molecular flexibility index (Phi) is 7.23. The van der Waals surface area contributed by atoms with Crippen LogP contribution in [0, 0.1) is 0 Å². The zero-order valence-corrected chi connectivity index (χ0v) is 13.6. The van der Waals surface area contributed by atoms with Crippen LogP contribution in [0.3, 0.4) is 0 Å². The molecule has 1 aromatic rings. The van der Waals surface area contributed by atoms with E-state index in [0.717, 1.165) is 44.0 Å². The topological polar surface area (TPSA) is 41.6 Å². The van der Waals surface area contributed by atoms with Gasteiger partial charge in [-0.1, -0.05) is 32.3 Å². The molecule has 0 radical (unpaired) electrons. The van der Waals surface area contributed by atoms with Gasteiger partial charge in [0, 0.05) is 11.8 Å². The highest BCUT2D eigenvalue weighted by Gasteiger charge is 2.13. The predicted molar refractivity (Wildman–Crippen MR) is 90.4 cm³/mol. The summed E-state index contributed by atoms with van der Waals surface area (Å²) < 4.78 is 5.67. The summed E-state index contributed by atoms with van der Waals surface area (Å²) in [5, 5.41) is 2.98. The van der Waals surface area contributed by atoms with Crippen molar-refractivity contribution in [3.63, 3.8) is 0 Å². The summed E-state index contributed by atoms with van der Waals surface area (Å²) in [5.74, 6) is 0.883. The third-order valence-corrected chi connectivity index (χ3v) is 3.95. The predicted octanol–water partition coefficient (Wildman–Crippen LogP) is 3.68. The Hall–Kier alpha value is -1.55. The molecule has 4 nitrogen and oxygen atoms in total. The molecule has 122 valence electrons. The molecule has 0 saturated carbocycles. The monoisotopic (exact) mass is 304 g/mol. The van der Waals surface area contributed by atoms with E-state index in [-0.39, 0.29) is 5.91 Å². The summed E-state index contributed by atoms with van der Waals surface area (Å²) in [6.07, 6.45) is 7.14. The Bertz CT molecular complexity index is 454. The van der Waals surface area contributed by atoms with Crippen molar-refractivity contribution in [2.75, 3.05) is 31.6 Å². The van der Waals surface area contributed by atoms with Crippen LogP contribution in [0.25, 0.3) is 0 Å². The summed E-state index contributed by atoms with van der Waals surface area (Å²) in [7, 11) is 0. The summed E-state index contributed by atoms with van der Waals surface area (Å²) in [6.45, 7) is 5.42. The SMILES string of the molecule is CCCCOc1cccc(NC(=O)CN2CCCCCC2)c1. The quantitative estimate of drug-likeness (QED) is 0.781. The number of rotatable bonds is 7. The maximum absolute atomic E-state index is 12.2. The summed E-state index contributed by atoms with van der Waals surface area (Å²) in [5.41, 5.74) is 0.814. The molecule has 0 atom stereocenters. The van der Waals surface area contributed by atoms with Gasteiger partial charge in [-0.15, -0.1) is 0 Å². The van der Waals surface area contributed by atoms with Crippen LogP contribution < -0.4 is 10.1 Å². The number of anilines is 1. The van der Waals surface area contributed by atoms with E-state index in [1.165, 1.54) is 25.7 Å². The number of unbranched alkanes of at least 4 members (excludes halogenated alkanes) is 1. The number of carbonyl (C=O) groups excluding carboxylic acids is 1. The molecule has 1 amide bonds. The van der Waals surface area contributed by atoms with Gasteiger partial charge in [-0.05, 0) is 44.5 Å². The average molecular weight is 304 g/mol. The molecule has 1 aliphatic rings. The molecule has 1 fully saturated rings. The van der Waals surface area contributed by atoms with Crippen LogP contribution in [-0.2, 0) is 4.79 Å². The minimum Gasteiger partial charge on any atom is -0.494 e. The van der Waals surface area contributed by atoms with Gasteiger partial charge in [-0.3, -0.25) is 9.69 Å². The van der Waals surface area contributed by atoms with Crippen LogP contribution in [0.4, 0.5) is 5.69 Å². The van der Waals surface area contributed by atoms with Gasteiger partial charge in [0.25, 0.3) is 0 Å². The standard InChI is InChI=1S/C18H28N2O2/c1-2-3-13-22-17-10-8-9-16(14-17)19-18(21)15-20-11-6-4-5-7-12-20/h8-10,14H,2-7,11-13,15H2,1H3,(H,19,21). The Morgan fingerprint density at radius 2 is 2.00 bits per heavy atom. The second-order valence-corrected chi connectivity index (χ2v) is 5.97. The van der Waals surface area contributed by atoms with Crippen LogP contribution in [-0.4, -0.2) is 37.0 Å². The van der Waals surface area contributed by atoms with Crippen LogP contribution in [0.1, 0.15) is 45.4 Å². The first-order valence-corrected chi connectivity index (χ1v) is 8.53. The highest BCUT2D eigenvalue weighted by atomic mass is 16.5. The number of carbonyl (C=O) groups is 1. The fourth-order valence-electron chi connectivity index (χ4n) is 2.70. The van der Waals surface area contributed by atoms with Gasteiger partial charge in [-0.2, -0.15) is 0 Å². The number of amides is 1. The first-order chi connectivity index (χ1) is 10.8. The Balaban J connectivity index is 1.81. The molecule has 1 aromatic carbocycles. The van der Waals surface area contributed by atoms with Crippen molar-refractivity contribution in [3.8, 4) is 5.75 Å². The van der Waals surface area contributed by atoms with E-state index in [2.05, 4.69) is 17.1 Å². The zero-order valence-electron chi connectivity index (χ0n) is 13.6. The summed E-state index contributed by atoms with van der Waals surface area (Å²) >= 11 is 0. The number of benzene rings is 1. The highest BCUT2D eigenvalue weighted by Crippen LogP contribution is 2.18. The molecule has 22 heavy (non-hydrogen) atoms. The first kappa shape index (κ1) is 16.8. The molecule has 4 heteroatoms. The number of nitrogens with zero attached hydrogens (tertiary/aromatic N) is 1. The molecule has 1 heterocycles. The first-order valence-electron chi connectivity index (χ1n) is 8.53. The maximum Gasteiger partial charge on any atom is 0.238 e. The minimum absolute atomic E-state index is 0.0626. The normalized spacial score (nSPS) is 16.0. The van der Waals surface area contributed by atoms with Crippen LogP contribution >= 0.6 is 0 Å². The molecule has 1 aliphatic heterocycles. The molecular formula is C18H28N2O2. The fraction of sp³-hybridized carbons (Fsp3) is 0.611. The van der Waals surface area contributed by atoms with E-state index < -0.39 is 0 Å². The summed E-state index contributed by atoms with van der Waals surface area (Å²) in [4.78, 5) is 14.4. The zero-order chi connectivity index (χ0) is 15.6. The van der Waals surface area contributed by atoms with Crippen LogP contribution in [0.2, 0.25) is 0 Å². The van der Waals surface area contributed by atoms with E-state index in [1.54, 1.807) is 0 Å². The van der Waals surface area contributed by atoms with E-state index >= 15 is 0 Å². The van der Waals surface area contributed by atoms with E-state index in [9.17, 15) is 4.79 Å². The van der Waals surface area contributed by atoms with Gasteiger partial charge in [0.15, 0.2) is 0 Å². The smallest absolute Gasteiger partial charge is 0.238 e. The van der Waals surface area contributed by atoms with Crippen molar-refractivity contribution in [1.82, 2.24) is 4.90 Å². The van der Waals surface area contributed by atoms with Gasteiger partial charge in [0.1, 0.15) is 5.75 Å². The molecule has 0 aromatic heterocycles. The van der Waals surface area contributed by atoms with Crippen molar-refractivity contribution >= 4 is 11.6 Å². The lowest BCUT2D eigenvalue weighted by molar-refractivity contribution is -0.117. The second-order valence-electron chi connectivity index (χ2n) is 5.97. The molecule has 0 bridgehead atoms. The molecule has 0 unspecified atom stereocenters. The number of hydrogen-bond acceptors (Lipinski definition) is 3. The minimum atomic E-state index is 0.0626. The van der Waals surface area contributed by atoms with Crippen molar-refractivity contribution in [2.24, 2.45) is 0 Å². The van der Waals surface area contributed by atoms with Gasteiger partial charge < -0.3 is 10.1 Å².